The average Bonchev–Trinajstić information content (AvgIpc) is 2.24. The van der Waals surface area contributed by atoms with Crippen LogP contribution in [0.3, 0.4) is 0 Å². The molecule has 1 aromatic heterocycles. The number of aromatic nitrogens is 3. The van der Waals surface area contributed by atoms with Crippen LogP contribution in [0.4, 0.5) is 0 Å². The van der Waals surface area contributed by atoms with E-state index in [1.807, 2.05) is 11.7 Å². The summed E-state index contributed by atoms with van der Waals surface area (Å²) >= 11 is 0. The Morgan fingerprint density at radius 3 is 2.15 bits per heavy atom. The monoisotopic (exact) mass is 182 g/mol. The zero-order chi connectivity index (χ0) is 10.2. The minimum Gasteiger partial charge on any atom is -0.234 e. The van der Waals surface area contributed by atoms with Gasteiger partial charge in [-0.1, -0.05) is 27.7 Å². The summed E-state index contributed by atoms with van der Waals surface area (Å²) in [4.78, 5) is 0. The van der Waals surface area contributed by atoms with Crippen molar-refractivity contribution < 1.29 is 4.57 Å². The van der Waals surface area contributed by atoms with Gasteiger partial charge in [0.25, 0.3) is 5.82 Å². The van der Waals surface area contributed by atoms with Gasteiger partial charge in [0.05, 0.1) is 19.5 Å². The molecule has 0 bridgehead atoms. The minimum absolute atomic E-state index is 0.157. The van der Waals surface area contributed by atoms with Crippen LogP contribution in [0.15, 0.2) is 0 Å². The third kappa shape index (κ3) is 1.74. The lowest BCUT2D eigenvalue weighted by atomic mass is 9.95. The molecule has 0 radical (unpaired) electrons. The Hall–Kier alpha value is -0.860. The van der Waals surface area contributed by atoms with Crippen LogP contribution >= 0.6 is 0 Å². The molecular weight excluding hydrogens is 162 g/mol. The number of aryl methyl sites for hydroxylation is 2. The van der Waals surface area contributed by atoms with Crippen LogP contribution in [0.1, 0.15) is 39.3 Å². The van der Waals surface area contributed by atoms with Crippen LogP contribution < -0.4 is 4.57 Å². The first-order valence-corrected chi connectivity index (χ1v) is 4.80. The van der Waals surface area contributed by atoms with E-state index < -0.39 is 0 Å². The van der Waals surface area contributed by atoms with Crippen LogP contribution in [0, 0.1) is 0 Å². The zero-order valence-electron chi connectivity index (χ0n) is 9.55. The molecule has 0 aromatic carbocycles. The van der Waals surface area contributed by atoms with Crippen molar-refractivity contribution in [1.29, 1.82) is 0 Å². The van der Waals surface area contributed by atoms with E-state index in [1.165, 1.54) is 5.82 Å². The van der Waals surface area contributed by atoms with Crippen LogP contribution in [-0.4, -0.2) is 9.78 Å². The fraction of sp³-hybridized carbons (Fsp3) is 0.800. The topological polar surface area (TPSA) is 21.7 Å². The normalized spacial score (nSPS) is 12.2. The summed E-state index contributed by atoms with van der Waals surface area (Å²) < 4.78 is 4.18. The second-order valence-electron chi connectivity index (χ2n) is 4.53. The van der Waals surface area contributed by atoms with Gasteiger partial charge >= 0.3 is 0 Å². The summed E-state index contributed by atoms with van der Waals surface area (Å²) in [7, 11) is 4.10. The Balaban J connectivity index is 3.29. The van der Waals surface area contributed by atoms with Gasteiger partial charge in [-0.2, -0.15) is 0 Å². The summed E-state index contributed by atoms with van der Waals surface area (Å²) in [5.74, 6) is 2.41. The van der Waals surface area contributed by atoms with E-state index in [1.54, 1.807) is 0 Å². The van der Waals surface area contributed by atoms with Crippen molar-refractivity contribution in [3.05, 3.63) is 11.6 Å². The van der Waals surface area contributed by atoms with Crippen molar-refractivity contribution in [2.24, 2.45) is 14.1 Å². The second-order valence-corrected chi connectivity index (χ2v) is 4.53. The Labute approximate surface area is 80.4 Å². The second kappa shape index (κ2) is 3.13. The maximum atomic E-state index is 4.47. The molecule has 3 heteroatoms. The number of nitrogens with zero attached hydrogens (tertiary/aromatic N) is 3. The van der Waals surface area contributed by atoms with Gasteiger partial charge < -0.3 is 0 Å². The Kier molecular flexibility index (Phi) is 2.46. The predicted octanol–water partition coefficient (Wildman–Crippen LogP) is 1.10. The van der Waals surface area contributed by atoms with Gasteiger partial charge in [0.1, 0.15) is 0 Å². The summed E-state index contributed by atoms with van der Waals surface area (Å²) in [5.41, 5.74) is 0.157. The number of hydrogen-bond acceptors (Lipinski definition) is 1. The van der Waals surface area contributed by atoms with Crippen molar-refractivity contribution in [2.45, 2.75) is 39.5 Å². The van der Waals surface area contributed by atoms with E-state index in [0.29, 0.717) is 0 Å². The summed E-state index contributed by atoms with van der Waals surface area (Å²) in [6, 6.07) is 0. The van der Waals surface area contributed by atoms with Crippen LogP contribution in [0.2, 0.25) is 0 Å². The van der Waals surface area contributed by atoms with Crippen molar-refractivity contribution in [3.63, 3.8) is 0 Å². The first-order valence-electron chi connectivity index (χ1n) is 4.80. The van der Waals surface area contributed by atoms with Crippen molar-refractivity contribution in [2.75, 3.05) is 0 Å². The van der Waals surface area contributed by atoms with Gasteiger partial charge in [-0.3, -0.25) is 0 Å². The van der Waals surface area contributed by atoms with E-state index >= 15 is 0 Å². The largest absolute Gasteiger partial charge is 0.277 e. The Morgan fingerprint density at radius 2 is 1.92 bits per heavy atom. The van der Waals surface area contributed by atoms with E-state index in [9.17, 15) is 0 Å². The molecule has 0 saturated carbocycles. The third-order valence-corrected chi connectivity index (χ3v) is 2.26. The molecule has 0 spiro atoms. The zero-order valence-corrected chi connectivity index (χ0v) is 9.55. The van der Waals surface area contributed by atoms with E-state index in [4.69, 9.17) is 0 Å². The fourth-order valence-corrected chi connectivity index (χ4v) is 1.92. The first-order chi connectivity index (χ1) is 5.88. The molecule has 1 aromatic rings. The van der Waals surface area contributed by atoms with Crippen LogP contribution in [0.25, 0.3) is 0 Å². The number of hydrogen-bond donors (Lipinski definition) is 0. The van der Waals surface area contributed by atoms with Crippen molar-refractivity contribution in [1.82, 2.24) is 9.78 Å². The maximum Gasteiger partial charge on any atom is 0.277 e. The van der Waals surface area contributed by atoms with E-state index in [0.717, 1.165) is 12.2 Å². The molecule has 0 fully saturated rings. The van der Waals surface area contributed by atoms with Gasteiger partial charge in [-0.25, -0.2) is 4.57 Å². The number of rotatable bonds is 1. The highest BCUT2D eigenvalue weighted by atomic mass is 15.4. The lowest BCUT2D eigenvalue weighted by Gasteiger charge is -2.14. The lowest BCUT2D eigenvalue weighted by molar-refractivity contribution is -0.690. The highest BCUT2D eigenvalue weighted by Crippen LogP contribution is 2.17. The van der Waals surface area contributed by atoms with Gasteiger partial charge in [-0.05, 0) is 0 Å². The molecule has 1 heterocycles. The highest BCUT2D eigenvalue weighted by Gasteiger charge is 2.30. The van der Waals surface area contributed by atoms with Gasteiger partial charge in [-0.15, -0.1) is 4.68 Å². The first kappa shape index (κ1) is 10.2. The maximum absolute atomic E-state index is 4.47. The minimum atomic E-state index is 0.157. The molecular formula is C10H20N3+. The third-order valence-electron chi connectivity index (χ3n) is 2.26. The van der Waals surface area contributed by atoms with Crippen LogP contribution in [-0.2, 0) is 25.9 Å². The van der Waals surface area contributed by atoms with Gasteiger partial charge in [0.2, 0.25) is 5.82 Å². The van der Waals surface area contributed by atoms with E-state index in [-0.39, 0.29) is 5.41 Å². The molecule has 0 atom stereocenters. The molecule has 0 unspecified atom stereocenters. The van der Waals surface area contributed by atoms with E-state index in [2.05, 4.69) is 44.4 Å². The Bertz CT molecular complexity index is 305. The van der Waals surface area contributed by atoms with Crippen molar-refractivity contribution >= 4 is 0 Å². The van der Waals surface area contributed by atoms with Crippen molar-refractivity contribution in [3.8, 4) is 0 Å². The molecule has 0 aliphatic rings. The lowest BCUT2D eigenvalue weighted by Crippen LogP contribution is -2.41. The smallest absolute Gasteiger partial charge is 0.234 e. The summed E-state index contributed by atoms with van der Waals surface area (Å²) in [5, 5.41) is 4.47. The molecule has 1 rings (SSSR count). The summed E-state index contributed by atoms with van der Waals surface area (Å²) in [6.07, 6.45) is 0.987. The average molecular weight is 182 g/mol. The molecule has 0 aliphatic carbocycles. The molecule has 74 valence electrons. The summed E-state index contributed by atoms with van der Waals surface area (Å²) in [6.45, 7) is 8.77. The molecule has 0 amide bonds. The molecule has 0 N–H and O–H groups in total. The highest BCUT2D eigenvalue weighted by molar-refractivity contribution is 4.96. The SMILES string of the molecule is CCc1nn(C)c(C(C)(C)C)[n+]1C. The van der Waals surface area contributed by atoms with Crippen LogP contribution in [0.5, 0.6) is 0 Å². The molecule has 0 aliphatic heterocycles. The molecule has 13 heavy (non-hydrogen) atoms. The van der Waals surface area contributed by atoms with Gasteiger partial charge in [0.15, 0.2) is 0 Å². The predicted molar refractivity (Wildman–Crippen MR) is 52.5 cm³/mol. The molecule has 3 nitrogen and oxygen atoms in total. The fourth-order valence-electron chi connectivity index (χ4n) is 1.92. The Morgan fingerprint density at radius 1 is 1.38 bits per heavy atom. The molecule has 0 saturated heterocycles. The quantitative estimate of drug-likeness (QED) is 0.596. The standard InChI is InChI=1S/C10H20N3/c1-7-8-11-13(6)9(12(8)5)10(2,3)4/h7H2,1-6H3/q+1. The van der Waals surface area contributed by atoms with Gasteiger partial charge in [0, 0.05) is 11.5 Å².